The first-order chi connectivity index (χ1) is 9.61. The summed E-state index contributed by atoms with van der Waals surface area (Å²) in [6, 6.07) is 6.73. The molecule has 1 aliphatic rings. The molecule has 1 heterocycles. The SMILES string of the molecule is CC(CNc1ccc([N+](=O)[O-])cc1C#N)N1CCCC1. The van der Waals surface area contributed by atoms with Crippen LogP contribution in [0.5, 0.6) is 0 Å². The van der Waals surface area contributed by atoms with E-state index >= 15 is 0 Å². The van der Waals surface area contributed by atoms with Crippen LogP contribution in [0.3, 0.4) is 0 Å². The summed E-state index contributed by atoms with van der Waals surface area (Å²) in [6.45, 7) is 5.12. The fourth-order valence-corrected chi connectivity index (χ4v) is 2.46. The molecule has 1 aromatic carbocycles. The highest BCUT2D eigenvalue weighted by atomic mass is 16.6. The van der Waals surface area contributed by atoms with Crippen LogP contribution in [0.15, 0.2) is 18.2 Å². The Labute approximate surface area is 118 Å². The molecule has 1 N–H and O–H groups in total. The van der Waals surface area contributed by atoms with Gasteiger partial charge in [0.05, 0.1) is 16.2 Å². The van der Waals surface area contributed by atoms with Crippen LogP contribution in [0, 0.1) is 21.4 Å². The Kier molecular flexibility index (Phi) is 4.53. The standard InChI is InChI=1S/C14H18N4O2/c1-11(17-6-2-3-7-17)10-16-14-5-4-13(18(19)20)8-12(14)9-15/h4-5,8,11,16H,2-3,6-7,10H2,1H3. The molecule has 1 saturated heterocycles. The fourth-order valence-electron chi connectivity index (χ4n) is 2.46. The van der Waals surface area contributed by atoms with Crippen LogP contribution in [0.1, 0.15) is 25.3 Å². The Morgan fingerprint density at radius 3 is 2.80 bits per heavy atom. The van der Waals surface area contributed by atoms with E-state index in [1.54, 1.807) is 6.07 Å². The van der Waals surface area contributed by atoms with E-state index in [1.165, 1.54) is 25.0 Å². The Bertz CT molecular complexity index is 532. The molecule has 0 aromatic heterocycles. The van der Waals surface area contributed by atoms with Crippen molar-refractivity contribution in [2.45, 2.75) is 25.8 Å². The van der Waals surface area contributed by atoms with Crippen LogP contribution < -0.4 is 5.32 Å². The summed E-state index contributed by atoms with van der Waals surface area (Å²) < 4.78 is 0. The minimum absolute atomic E-state index is 0.0558. The first-order valence-electron chi connectivity index (χ1n) is 6.78. The normalized spacial score (nSPS) is 16.6. The summed E-state index contributed by atoms with van der Waals surface area (Å²) in [5, 5.41) is 23.0. The highest BCUT2D eigenvalue weighted by molar-refractivity contribution is 5.61. The average molecular weight is 274 g/mol. The van der Waals surface area contributed by atoms with Gasteiger partial charge in [-0.25, -0.2) is 0 Å². The van der Waals surface area contributed by atoms with Crippen molar-refractivity contribution in [3.8, 4) is 6.07 Å². The van der Waals surface area contributed by atoms with Gasteiger partial charge in [-0.1, -0.05) is 0 Å². The van der Waals surface area contributed by atoms with Gasteiger partial charge in [-0.3, -0.25) is 15.0 Å². The monoisotopic (exact) mass is 274 g/mol. The second kappa shape index (κ2) is 6.35. The smallest absolute Gasteiger partial charge is 0.270 e. The van der Waals surface area contributed by atoms with Crippen molar-refractivity contribution in [1.29, 1.82) is 5.26 Å². The summed E-state index contributed by atoms with van der Waals surface area (Å²) in [5.74, 6) is 0. The maximum absolute atomic E-state index is 10.7. The van der Waals surface area contributed by atoms with Crippen molar-refractivity contribution in [2.24, 2.45) is 0 Å². The highest BCUT2D eigenvalue weighted by Crippen LogP contribution is 2.22. The maximum Gasteiger partial charge on any atom is 0.270 e. The third-order valence-corrected chi connectivity index (χ3v) is 3.69. The number of nitrogens with zero attached hydrogens (tertiary/aromatic N) is 3. The van der Waals surface area contributed by atoms with Crippen molar-refractivity contribution >= 4 is 11.4 Å². The number of likely N-dealkylation sites (tertiary alicyclic amines) is 1. The fraction of sp³-hybridized carbons (Fsp3) is 0.500. The molecule has 0 saturated carbocycles. The van der Waals surface area contributed by atoms with Gasteiger partial charge in [0.1, 0.15) is 6.07 Å². The molecular weight excluding hydrogens is 256 g/mol. The first kappa shape index (κ1) is 14.3. The lowest BCUT2D eigenvalue weighted by Crippen LogP contribution is -2.35. The van der Waals surface area contributed by atoms with E-state index in [9.17, 15) is 10.1 Å². The van der Waals surface area contributed by atoms with Gasteiger partial charge in [0.2, 0.25) is 0 Å². The van der Waals surface area contributed by atoms with Crippen molar-refractivity contribution in [3.63, 3.8) is 0 Å². The zero-order valence-corrected chi connectivity index (χ0v) is 11.5. The quantitative estimate of drug-likeness (QED) is 0.658. The molecule has 6 nitrogen and oxygen atoms in total. The Balaban J connectivity index is 2.02. The van der Waals surface area contributed by atoms with Gasteiger partial charge in [0.15, 0.2) is 0 Å². The molecule has 0 bridgehead atoms. The largest absolute Gasteiger partial charge is 0.382 e. The Morgan fingerprint density at radius 2 is 2.20 bits per heavy atom. The van der Waals surface area contributed by atoms with E-state index in [0.29, 0.717) is 17.3 Å². The molecule has 0 aliphatic carbocycles. The molecule has 1 atom stereocenters. The van der Waals surface area contributed by atoms with E-state index in [4.69, 9.17) is 5.26 Å². The molecule has 0 radical (unpaired) electrons. The van der Waals surface area contributed by atoms with Gasteiger partial charge in [-0.05, 0) is 38.9 Å². The van der Waals surface area contributed by atoms with Crippen LogP contribution in [0.4, 0.5) is 11.4 Å². The number of non-ortho nitro benzene ring substituents is 1. The van der Waals surface area contributed by atoms with Gasteiger partial charge >= 0.3 is 0 Å². The van der Waals surface area contributed by atoms with E-state index in [1.807, 2.05) is 6.07 Å². The molecule has 106 valence electrons. The number of hydrogen-bond acceptors (Lipinski definition) is 5. The molecule has 1 aliphatic heterocycles. The number of hydrogen-bond donors (Lipinski definition) is 1. The van der Waals surface area contributed by atoms with E-state index in [0.717, 1.165) is 19.6 Å². The topological polar surface area (TPSA) is 82.2 Å². The Morgan fingerprint density at radius 1 is 1.50 bits per heavy atom. The summed E-state index contributed by atoms with van der Waals surface area (Å²) >= 11 is 0. The molecule has 0 amide bonds. The van der Waals surface area contributed by atoms with Crippen LogP contribution >= 0.6 is 0 Å². The van der Waals surface area contributed by atoms with Crippen molar-refractivity contribution in [1.82, 2.24) is 4.90 Å². The van der Waals surface area contributed by atoms with E-state index in [-0.39, 0.29) is 5.69 Å². The number of nitrogens with one attached hydrogen (secondary N) is 1. The van der Waals surface area contributed by atoms with Gasteiger partial charge in [-0.15, -0.1) is 0 Å². The van der Waals surface area contributed by atoms with Crippen LogP contribution in [0.2, 0.25) is 0 Å². The van der Waals surface area contributed by atoms with Crippen LogP contribution in [-0.4, -0.2) is 35.5 Å². The number of nitro benzene ring substituents is 1. The lowest BCUT2D eigenvalue weighted by Gasteiger charge is -2.24. The number of nitro groups is 1. The first-order valence-corrected chi connectivity index (χ1v) is 6.78. The number of benzene rings is 1. The molecule has 0 spiro atoms. The number of rotatable bonds is 5. The molecule has 20 heavy (non-hydrogen) atoms. The lowest BCUT2D eigenvalue weighted by atomic mass is 10.1. The van der Waals surface area contributed by atoms with Gasteiger partial charge in [0, 0.05) is 24.7 Å². The summed E-state index contributed by atoms with van der Waals surface area (Å²) in [5.41, 5.74) is 0.914. The number of anilines is 1. The summed E-state index contributed by atoms with van der Waals surface area (Å²) in [6.07, 6.45) is 2.48. The van der Waals surface area contributed by atoms with E-state index in [2.05, 4.69) is 17.1 Å². The van der Waals surface area contributed by atoms with Crippen molar-refractivity contribution in [2.75, 3.05) is 25.0 Å². The second-order valence-corrected chi connectivity index (χ2v) is 5.07. The minimum Gasteiger partial charge on any atom is -0.382 e. The highest BCUT2D eigenvalue weighted by Gasteiger charge is 2.18. The molecule has 6 heteroatoms. The van der Waals surface area contributed by atoms with E-state index < -0.39 is 4.92 Å². The molecule has 1 unspecified atom stereocenters. The van der Waals surface area contributed by atoms with Crippen molar-refractivity contribution < 1.29 is 4.92 Å². The zero-order valence-electron chi connectivity index (χ0n) is 11.5. The molecule has 2 rings (SSSR count). The van der Waals surface area contributed by atoms with Gasteiger partial charge in [-0.2, -0.15) is 5.26 Å². The summed E-state index contributed by atoms with van der Waals surface area (Å²) in [7, 11) is 0. The zero-order chi connectivity index (χ0) is 14.5. The predicted octanol–water partition coefficient (Wildman–Crippen LogP) is 2.36. The molecular formula is C14H18N4O2. The lowest BCUT2D eigenvalue weighted by molar-refractivity contribution is -0.384. The Hall–Kier alpha value is -2.13. The third-order valence-electron chi connectivity index (χ3n) is 3.69. The second-order valence-electron chi connectivity index (χ2n) is 5.07. The third kappa shape index (κ3) is 3.25. The average Bonchev–Trinajstić information content (AvgIpc) is 2.98. The van der Waals surface area contributed by atoms with Gasteiger partial charge < -0.3 is 5.32 Å². The predicted molar refractivity (Wildman–Crippen MR) is 76.6 cm³/mol. The van der Waals surface area contributed by atoms with Gasteiger partial charge in [0.25, 0.3) is 5.69 Å². The maximum atomic E-state index is 10.7. The number of nitriles is 1. The summed E-state index contributed by atoms with van der Waals surface area (Å²) in [4.78, 5) is 12.6. The molecule has 1 aromatic rings. The minimum atomic E-state index is -0.489. The molecule has 1 fully saturated rings. The van der Waals surface area contributed by atoms with Crippen LogP contribution in [-0.2, 0) is 0 Å². The van der Waals surface area contributed by atoms with Crippen LogP contribution in [0.25, 0.3) is 0 Å². The van der Waals surface area contributed by atoms with Crippen molar-refractivity contribution in [3.05, 3.63) is 33.9 Å².